The molecule has 4 rings (SSSR count). The first kappa shape index (κ1) is 19.6. The molecule has 5 heteroatoms. The van der Waals surface area contributed by atoms with E-state index in [1.54, 1.807) is 24.3 Å². The van der Waals surface area contributed by atoms with Crippen LogP contribution in [0.1, 0.15) is 44.7 Å². The summed E-state index contributed by atoms with van der Waals surface area (Å²) >= 11 is 0. The number of fused-ring (bicyclic) bond motifs is 1. The van der Waals surface area contributed by atoms with Crippen LogP contribution in [0.5, 0.6) is 0 Å². The zero-order chi connectivity index (χ0) is 20.9. The number of benzene rings is 3. The topological polar surface area (TPSA) is 66.5 Å². The van der Waals surface area contributed by atoms with E-state index in [2.05, 4.69) is 17.4 Å². The van der Waals surface area contributed by atoms with Crippen LogP contribution < -0.4 is 5.32 Å². The molecule has 1 aliphatic rings. The standard InChI is InChI=1S/C25H22N2O3/c28-23(15-8-16-27-24(29)20-12-5-6-13-21(20)25(27)30)26-22-14-7-4-11-19(22)17-18-9-2-1-3-10-18/h1-7,9-14H,8,15-17H2,(H,26,28). The SMILES string of the molecule is O=C(CCCN1C(=O)c2ccccc2C1=O)Nc1ccccc1Cc1ccccc1. The molecular weight excluding hydrogens is 376 g/mol. The third-order valence-corrected chi connectivity index (χ3v) is 5.19. The Labute approximate surface area is 175 Å². The fourth-order valence-electron chi connectivity index (χ4n) is 3.66. The summed E-state index contributed by atoms with van der Waals surface area (Å²) in [5, 5.41) is 2.97. The van der Waals surface area contributed by atoms with Crippen molar-refractivity contribution >= 4 is 23.4 Å². The van der Waals surface area contributed by atoms with Gasteiger partial charge in [-0.1, -0.05) is 60.7 Å². The Morgan fingerprint density at radius 1 is 0.767 bits per heavy atom. The number of nitrogens with one attached hydrogen (secondary N) is 1. The fourth-order valence-corrected chi connectivity index (χ4v) is 3.66. The molecule has 0 atom stereocenters. The number of anilines is 1. The fraction of sp³-hybridized carbons (Fsp3) is 0.160. The molecule has 1 heterocycles. The number of hydrogen-bond acceptors (Lipinski definition) is 3. The van der Waals surface area contributed by atoms with Crippen LogP contribution >= 0.6 is 0 Å². The van der Waals surface area contributed by atoms with E-state index in [9.17, 15) is 14.4 Å². The first-order chi connectivity index (χ1) is 14.6. The van der Waals surface area contributed by atoms with Crippen molar-refractivity contribution in [3.63, 3.8) is 0 Å². The molecule has 1 aliphatic heterocycles. The molecule has 0 spiro atoms. The molecule has 0 saturated carbocycles. The Morgan fingerprint density at radius 3 is 2.07 bits per heavy atom. The molecule has 3 aromatic carbocycles. The summed E-state index contributed by atoms with van der Waals surface area (Å²) in [7, 11) is 0. The van der Waals surface area contributed by atoms with E-state index in [4.69, 9.17) is 0 Å². The number of imide groups is 1. The summed E-state index contributed by atoms with van der Waals surface area (Å²) in [6, 6.07) is 24.6. The van der Waals surface area contributed by atoms with E-state index in [0.717, 1.165) is 17.7 Å². The summed E-state index contributed by atoms with van der Waals surface area (Å²) in [4.78, 5) is 38.5. The molecule has 0 fully saturated rings. The lowest BCUT2D eigenvalue weighted by atomic mass is 10.0. The average Bonchev–Trinajstić information content (AvgIpc) is 3.01. The van der Waals surface area contributed by atoms with E-state index >= 15 is 0 Å². The highest BCUT2D eigenvalue weighted by molar-refractivity contribution is 6.21. The molecule has 3 aromatic rings. The highest BCUT2D eigenvalue weighted by Crippen LogP contribution is 2.23. The van der Waals surface area contributed by atoms with Crippen molar-refractivity contribution in [3.8, 4) is 0 Å². The lowest BCUT2D eigenvalue weighted by molar-refractivity contribution is -0.116. The maximum Gasteiger partial charge on any atom is 0.261 e. The third-order valence-electron chi connectivity index (χ3n) is 5.19. The van der Waals surface area contributed by atoms with E-state index < -0.39 is 0 Å². The minimum Gasteiger partial charge on any atom is -0.326 e. The van der Waals surface area contributed by atoms with Gasteiger partial charge in [-0.2, -0.15) is 0 Å². The van der Waals surface area contributed by atoms with Gasteiger partial charge in [0.05, 0.1) is 11.1 Å². The van der Waals surface area contributed by atoms with E-state index in [1.807, 2.05) is 42.5 Å². The summed E-state index contributed by atoms with van der Waals surface area (Å²) in [5.74, 6) is -0.708. The van der Waals surface area contributed by atoms with Crippen LogP contribution in [-0.2, 0) is 11.2 Å². The molecule has 0 aromatic heterocycles. The van der Waals surface area contributed by atoms with Crippen molar-refractivity contribution in [2.24, 2.45) is 0 Å². The van der Waals surface area contributed by atoms with Crippen molar-refractivity contribution in [2.75, 3.05) is 11.9 Å². The Balaban J connectivity index is 1.33. The Kier molecular flexibility index (Phi) is 5.70. The summed E-state index contributed by atoms with van der Waals surface area (Å²) in [6.07, 6.45) is 1.37. The van der Waals surface area contributed by atoms with Gasteiger partial charge in [0.15, 0.2) is 0 Å². The van der Waals surface area contributed by atoms with Crippen molar-refractivity contribution in [3.05, 3.63) is 101 Å². The number of carbonyl (C=O) groups is 3. The van der Waals surface area contributed by atoms with Crippen molar-refractivity contribution in [1.29, 1.82) is 0 Å². The van der Waals surface area contributed by atoms with Crippen LogP contribution in [0.4, 0.5) is 5.69 Å². The smallest absolute Gasteiger partial charge is 0.261 e. The first-order valence-corrected chi connectivity index (χ1v) is 10.0. The lowest BCUT2D eigenvalue weighted by Crippen LogP contribution is -2.31. The molecule has 0 unspecified atom stereocenters. The van der Waals surface area contributed by atoms with E-state index in [-0.39, 0.29) is 30.7 Å². The number of amides is 3. The largest absolute Gasteiger partial charge is 0.326 e. The highest BCUT2D eigenvalue weighted by atomic mass is 16.2. The number of carbonyl (C=O) groups excluding carboxylic acids is 3. The highest BCUT2D eigenvalue weighted by Gasteiger charge is 2.34. The van der Waals surface area contributed by atoms with Crippen molar-refractivity contribution in [1.82, 2.24) is 4.90 Å². The molecule has 3 amide bonds. The summed E-state index contributed by atoms with van der Waals surface area (Å²) in [6.45, 7) is 0.228. The van der Waals surface area contributed by atoms with Crippen LogP contribution in [0.2, 0.25) is 0 Å². The lowest BCUT2D eigenvalue weighted by Gasteiger charge is -2.14. The number of para-hydroxylation sites is 1. The van der Waals surface area contributed by atoms with Crippen LogP contribution in [0, 0.1) is 0 Å². The molecule has 0 saturated heterocycles. The van der Waals surface area contributed by atoms with Gasteiger partial charge in [0.25, 0.3) is 11.8 Å². The predicted molar refractivity (Wildman–Crippen MR) is 115 cm³/mol. The maximum absolute atomic E-state index is 12.5. The summed E-state index contributed by atoms with van der Waals surface area (Å²) < 4.78 is 0. The molecule has 30 heavy (non-hydrogen) atoms. The Bertz CT molecular complexity index is 1060. The third kappa shape index (κ3) is 4.15. The molecule has 0 aliphatic carbocycles. The molecule has 1 N–H and O–H groups in total. The van der Waals surface area contributed by atoms with Crippen LogP contribution in [-0.4, -0.2) is 29.2 Å². The van der Waals surface area contributed by atoms with Crippen molar-refractivity contribution < 1.29 is 14.4 Å². The van der Waals surface area contributed by atoms with Gasteiger partial charge in [0.1, 0.15) is 0 Å². The second-order valence-electron chi connectivity index (χ2n) is 7.28. The normalized spacial score (nSPS) is 12.7. The molecule has 0 bridgehead atoms. The molecule has 150 valence electrons. The Hall–Kier alpha value is -3.73. The average molecular weight is 398 g/mol. The van der Waals surface area contributed by atoms with E-state index in [0.29, 0.717) is 17.5 Å². The minimum atomic E-state index is -0.288. The van der Waals surface area contributed by atoms with Gasteiger partial charge < -0.3 is 5.32 Å². The summed E-state index contributed by atoms with van der Waals surface area (Å²) in [5.41, 5.74) is 3.86. The zero-order valence-electron chi connectivity index (χ0n) is 16.5. The van der Waals surface area contributed by atoms with Crippen LogP contribution in [0.25, 0.3) is 0 Å². The van der Waals surface area contributed by atoms with Crippen molar-refractivity contribution in [2.45, 2.75) is 19.3 Å². The number of hydrogen-bond donors (Lipinski definition) is 1. The van der Waals surface area contributed by atoms with Gasteiger partial charge in [-0.3, -0.25) is 19.3 Å². The second-order valence-corrected chi connectivity index (χ2v) is 7.28. The van der Waals surface area contributed by atoms with Crippen LogP contribution in [0.15, 0.2) is 78.9 Å². The first-order valence-electron chi connectivity index (χ1n) is 10.0. The number of nitrogens with zero attached hydrogens (tertiary/aromatic N) is 1. The Morgan fingerprint density at radius 2 is 1.37 bits per heavy atom. The van der Waals surface area contributed by atoms with Crippen LogP contribution in [0.3, 0.4) is 0 Å². The number of rotatable bonds is 7. The monoisotopic (exact) mass is 398 g/mol. The molecular formula is C25H22N2O3. The second kappa shape index (κ2) is 8.74. The van der Waals surface area contributed by atoms with Gasteiger partial charge in [-0.15, -0.1) is 0 Å². The predicted octanol–water partition coefficient (Wildman–Crippen LogP) is 4.29. The minimum absolute atomic E-state index is 0.132. The molecule has 5 nitrogen and oxygen atoms in total. The van der Waals surface area contributed by atoms with Gasteiger partial charge in [0, 0.05) is 18.7 Å². The maximum atomic E-state index is 12.5. The van der Waals surface area contributed by atoms with Gasteiger partial charge >= 0.3 is 0 Å². The van der Waals surface area contributed by atoms with Gasteiger partial charge in [0.2, 0.25) is 5.91 Å². The van der Waals surface area contributed by atoms with Gasteiger partial charge in [-0.05, 0) is 42.2 Å². The van der Waals surface area contributed by atoms with Gasteiger partial charge in [-0.25, -0.2) is 0 Å². The molecule has 0 radical (unpaired) electrons. The zero-order valence-corrected chi connectivity index (χ0v) is 16.5. The quantitative estimate of drug-likeness (QED) is 0.604. The van der Waals surface area contributed by atoms with E-state index in [1.165, 1.54) is 10.5 Å².